The van der Waals surface area contributed by atoms with Gasteiger partial charge in [0.25, 0.3) is 11.8 Å². The Kier molecular flexibility index (Phi) is 34.5. The van der Waals surface area contributed by atoms with Crippen molar-refractivity contribution < 1.29 is 165 Å². The fourth-order valence-corrected chi connectivity index (χ4v) is 14.4. The number of carbonyl (C=O) groups is 10. The second-order valence-electron chi connectivity index (χ2n) is 30.3. The summed E-state index contributed by atoms with van der Waals surface area (Å²) in [5, 5.41) is 116. The number of nitrogens with zero attached hydrogens (tertiary/aromatic N) is 4. The number of carboxylic acids is 2. The van der Waals surface area contributed by atoms with E-state index < -0.39 is 183 Å². The van der Waals surface area contributed by atoms with Crippen LogP contribution in [0.5, 0.6) is 28.7 Å². The van der Waals surface area contributed by atoms with Crippen LogP contribution in [0.2, 0.25) is 0 Å². The Balaban J connectivity index is 0.826. The van der Waals surface area contributed by atoms with Gasteiger partial charge in [0, 0.05) is 55.6 Å². The number of carbonyl (C=O) groups excluding carboxylic acids is 8. The molecule has 125 heavy (non-hydrogen) atoms. The number of aliphatic hydroxyl groups is 8. The van der Waals surface area contributed by atoms with Crippen LogP contribution in [-0.4, -0.2) is 325 Å². The standard InChI is InChI=1S/C82H107N9O34/c1-41(2)62(84-44(5)92)72(101)87-52(40-120-79-67(98)63(94)65(96)69(124-79)77(106)107)71(100)85-47-14-13-46(51(31-47)86-61(93)17-21-114-23-25-116-27-28-117-26-24-115-22-18-83)39-122-82(111)91-54-35-60(58(113-7)33-50(54)74(103)89-37-43(4)30-56(89)76(91)105)119-20-10-8-9-19-118-59-34-53-49(32-57(59)112-6)73(102)88-36-42(3)29-55(88)75(104)90(53)81(110)121-38-45-11-15-48(16-12-45)123-80-68(99)64(95)66(97)70(125-80)78(108)109/h11-16,31-35,41,52,55-56,62-70,75-76,79-80,94-99,104-105H,3-4,8-10,17-30,36-40,83H2,1-2,5-7H3,(H,84,92)(H,85,100)(H,86,93)(H,87,101)(H,106,107)(H,108,109)/t52-,55-,56-,62-,63-,64-,65-,66-,67+,68+,69-,70-,75-,76-,79+,80+/m0/s1. The molecule has 0 aromatic heterocycles. The zero-order chi connectivity index (χ0) is 90.6. The fourth-order valence-electron chi connectivity index (χ4n) is 14.4. The molecule has 0 saturated carbocycles. The number of nitrogens with two attached hydrogens (primary N) is 1. The molecule has 4 aromatic rings. The maximum atomic E-state index is 15.0. The van der Waals surface area contributed by atoms with Gasteiger partial charge < -0.3 is 154 Å². The fraction of sp³-hybridized carbons (Fsp3) is 0.537. The smallest absolute Gasteiger partial charge is 0.416 e. The van der Waals surface area contributed by atoms with Gasteiger partial charge >= 0.3 is 24.1 Å². The van der Waals surface area contributed by atoms with Gasteiger partial charge in [-0.15, -0.1) is 0 Å². The Morgan fingerprint density at radius 2 is 1.04 bits per heavy atom. The van der Waals surface area contributed by atoms with Gasteiger partial charge in [-0.2, -0.15) is 0 Å². The quantitative estimate of drug-likeness (QED) is 0.0204. The number of ether oxygens (including phenoxy) is 14. The molecule has 6 heterocycles. The number of hydrogen-bond donors (Lipinski definition) is 15. The van der Waals surface area contributed by atoms with Gasteiger partial charge in [0.05, 0.1) is 128 Å². The third kappa shape index (κ3) is 24.2. The van der Waals surface area contributed by atoms with E-state index in [0.29, 0.717) is 62.3 Å². The van der Waals surface area contributed by atoms with Gasteiger partial charge in [-0.3, -0.25) is 28.8 Å². The van der Waals surface area contributed by atoms with Gasteiger partial charge in [-0.25, -0.2) is 29.0 Å². The number of nitrogens with one attached hydrogen (secondary N) is 4. The predicted molar refractivity (Wildman–Crippen MR) is 432 cm³/mol. The molecule has 4 saturated heterocycles. The lowest BCUT2D eigenvalue weighted by Gasteiger charge is -2.38. The number of unbranched alkanes of at least 4 members (excludes halogenated alkanes) is 2. The molecular formula is C82H107N9O34. The number of methoxy groups -OCH3 is 2. The Morgan fingerprint density at radius 3 is 1.53 bits per heavy atom. The number of aliphatic hydroxyl groups excluding tert-OH is 8. The molecule has 16 N–H and O–H groups in total. The Bertz CT molecular complexity index is 4500. The van der Waals surface area contributed by atoms with E-state index in [1.807, 2.05) is 0 Å². The van der Waals surface area contributed by atoms with E-state index in [2.05, 4.69) is 34.4 Å². The third-order valence-electron chi connectivity index (χ3n) is 21.0. The minimum absolute atomic E-state index is 0.00227. The average Bonchev–Trinajstić information content (AvgIpc) is 1.68. The first-order chi connectivity index (χ1) is 59.7. The maximum Gasteiger partial charge on any atom is 0.416 e. The largest absolute Gasteiger partial charge is 0.493 e. The van der Waals surface area contributed by atoms with Crippen LogP contribution in [0, 0.1) is 5.92 Å². The molecule has 0 spiro atoms. The average molecular weight is 1760 g/mol. The molecule has 6 aliphatic heterocycles. The molecule has 10 rings (SSSR count). The molecule has 43 nitrogen and oxygen atoms in total. The molecule has 684 valence electrons. The van der Waals surface area contributed by atoms with E-state index in [-0.39, 0.29) is 147 Å². The SMILES string of the molecule is C=C1C[C@H]2[C@H](O)N(C(=O)OCc3ccc(O[C@@H]4O[C@H](C(=O)O)[C@@H](O)[C@H](O)[C@H]4O)cc3)c3cc(OCCCCCOc4cc5c(cc4OC)C(=O)N4CC(=C)C[C@H]4[C@H](O)N5C(=O)OCc4ccc(NC(=O)[C@H](CO[C@@H]5O[C@H](C(=O)O)[C@@H](O)[C@H](O)[C@H]5O)NC(=O)[C@@H](NC(C)=O)C(C)C)cc4NC(=O)CCOCCOCCOCCOCCN)c(OC)cc3C(=O)N2C1. The van der Waals surface area contributed by atoms with Crippen molar-refractivity contribution in [1.29, 1.82) is 0 Å². The van der Waals surface area contributed by atoms with Crippen molar-refractivity contribution in [1.82, 2.24) is 20.4 Å². The van der Waals surface area contributed by atoms with Crippen LogP contribution in [0.1, 0.15) is 91.1 Å². The number of hydrogen-bond acceptors (Lipinski definition) is 33. The van der Waals surface area contributed by atoms with Crippen LogP contribution in [0.15, 0.2) is 91.0 Å². The van der Waals surface area contributed by atoms with Gasteiger partial charge in [0.2, 0.25) is 29.9 Å². The van der Waals surface area contributed by atoms with Crippen molar-refractivity contribution in [3.63, 3.8) is 0 Å². The highest BCUT2D eigenvalue weighted by molar-refractivity contribution is 6.08. The molecule has 4 fully saturated rings. The number of rotatable bonds is 42. The van der Waals surface area contributed by atoms with Crippen LogP contribution in [0.25, 0.3) is 0 Å². The monoisotopic (exact) mass is 1760 g/mol. The second kappa shape index (κ2) is 44.8. The first kappa shape index (κ1) is 96.2. The highest BCUT2D eigenvalue weighted by atomic mass is 16.7. The van der Waals surface area contributed by atoms with Crippen LogP contribution in [0.3, 0.4) is 0 Å². The Hall–Kier alpha value is -11.0. The van der Waals surface area contributed by atoms with Crippen molar-refractivity contribution in [3.8, 4) is 28.7 Å². The number of anilines is 4. The summed E-state index contributed by atoms with van der Waals surface area (Å²) in [6.45, 7) is 12.7. The van der Waals surface area contributed by atoms with Crippen molar-refractivity contribution in [2.24, 2.45) is 11.7 Å². The lowest BCUT2D eigenvalue weighted by Crippen LogP contribution is -2.61. The summed E-state index contributed by atoms with van der Waals surface area (Å²) in [5.74, 6) is -7.95. The first-order valence-corrected chi connectivity index (χ1v) is 40.2. The zero-order valence-corrected chi connectivity index (χ0v) is 69.3. The van der Waals surface area contributed by atoms with E-state index >= 15 is 0 Å². The second-order valence-corrected chi connectivity index (χ2v) is 30.3. The van der Waals surface area contributed by atoms with Gasteiger partial charge in [0.15, 0.2) is 54.0 Å². The third-order valence-corrected chi connectivity index (χ3v) is 21.0. The maximum absolute atomic E-state index is 15.0. The molecule has 4 aromatic carbocycles. The summed E-state index contributed by atoms with van der Waals surface area (Å²) in [4.78, 5) is 141. The number of fused-ring (bicyclic) bond motifs is 4. The molecule has 0 aliphatic carbocycles. The predicted octanol–water partition coefficient (Wildman–Crippen LogP) is -0.0588. The van der Waals surface area contributed by atoms with Crippen molar-refractivity contribution in [3.05, 3.63) is 113 Å². The van der Waals surface area contributed by atoms with Crippen LogP contribution < -0.4 is 60.5 Å². The van der Waals surface area contributed by atoms with Crippen LogP contribution in [-0.2, 0) is 84.6 Å². The van der Waals surface area contributed by atoms with E-state index in [1.165, 1.54) is 90.7 Å². The minimum atomic E-state index is -2.11. The van der Waals surface area contributed by atoms with Crippen molar-refractivity contribution in [2.75, 3.05) is 127 Å². The van der Waals surface area contributed by atoms with Crippen molar-refractivity contribution >= 4 is 82.3 Å². The molecule has 43 heteroatoms. The molecule has 0 bridgehead atoms. The van der Waals surface area contributed by atoms with E-state index in [0.717, 1.165) is 16.7 Å². The summed E-state index contributed by atoms with van der Waals surface area (Å²) in [6.07, 6.45) is -24.3. The van der Waals surface area contributed by atoms with E-state index in [9.17, 15) is 99.0 Å². The van der Waals surface area contributed by atoms with Crippen LogP contribution in [0.4, 0.5) is 32.3 Å². The number of carboxylic acid groups (broad SMARTS) is 2. The zero-order valence-electron chi connectivity index (χ0n) is 69.3. The number of benzene rings is 4. The van der Waals surface area contributed by atoms with E-state index in [1.54, 1.807) is 13.8 Å². The molecular weight excluding hydrogens is 1650 g/mol. The first-order valence-electron chi connectivity index (χ1n) is 40.2. The summed E-state index contributed by atoms with van der Waals surface area (Å²) < 4.78 is 79.4. The van der Waals surface area contributed by atoms with Crippen molar-refractivity contribution in [2.45, 2.75) is 171 Å². The Morgan fingerprint density at radius 1 is 0.552 bits per heavy atom. The lowest BCUT2D eigenvalue weighted by atomic mass is 9.99. The van der Waals surface area contributed by atoms with E-state index in [4.69, 9.17) is 72.0 Å². The minimum Gasteiger partial charge on any atom is -0.493 e. The summed E-state index contributed by atoms with van der Waals surface area (Å²) in [5.41, 5.74) is 6.54. The lowest BCUT2D eigenvalue weighted by molar-refractivity contribution is -0.294. The highest BCUT2D eigenvalue weighted by Crippen LogP contribution is 2.45. The molecule has 16 atom stereocenters. The molecule has 8 amide bonds. The van der Waals surface area contributed by atoms with Gasteiger partial charge in [-0.1, -0.05) is 56.4 Å². The topological polar surface area (TPSA) is 589 Å². The summed E-state index contributed by atoms with van der Waals surface area (Å²) >= 11 is 0. The van der Waals surface area contributed by atoms with Gasteiger partial charge in [0.1, 0.15) is 67.7 Å². The molecule has 0 radical (unpaired) electrons. The molecule has 0 unspecified atom stereocenters. The summed E-state index contributed by atoms with van der Waals surface area (Å²) in [6, 6.07) is 10.1. The normalized spacial score (nSPS) is 23.8. The Labute approximate surface area is 716 Å². The highest BCUT2D eigenvalue weighted by Gasteiger charge is 2.52. The number of amides is 8. The summed E-state index contributed by atoms with van der Waals surface area (Å²) in [7, 11) is 2.68. The van der Waals surface area contributed by atoms with Gasteiger partial charge in [-0.05, 0) is 80.0 Å². The molecule has 6 aliphatic rings. The number of aliphatic carboxylic acids is 2. The van der Waals surface area contributed by atoms with Crippen LogP contribution >= 0.6 is 0 Å².